The third-order valence-corrected chi connectivity index (χ3v) is 4.09. The fourth-order valence-electron chi connectivity index (χ4n) is 2.45. The molecular formula is C19H24ClNO3. The average Bonchev–Trinajstić information content (AvgIpc) is 2.57. The van der Waals surface area contributed by atoms with Gasteiger partial charge in [-0.15, -0.1) is 0 Å². The van der Waals surface area contributed by atoms with Crippen LogP contribution in [0.25, 0.3) is 0 Å². The molecule has 0 saturated carbocycles. The first kappa shape index (κ1) is 18.4. The smallest absolute Gasteiger partial charge is 0.162 e. The van der Waals surface area contributed by atoms with Gasteiger partial charge in [-0.05, 0) is 37.1 Å². The standard InChI is InChI=1S/C19H24ClNO3/c1-13-5-6-17(14(2)9-13)24-8-7-21-12-15-10-18(22-3)19(23-4)11-16(15)20/h5-6,9-11,21H,7-8,12H2,1-4H3. The van der Waals surface area contributed by atoms with Crippen molar-refractivity contribution in [3.8, 4) is 17.2 Å². The summed E-state index contributed by atoms with van der Waals surface area (Å²) in [5, 5.41) is 3.98. The Morgan fingerprint density at radius 3 is 2.33 bits per heavy atom. The Balaban J connectivity index is 1.84. The lowest BCUT2D eigenvalue weighted by atomic mass is 10.1. The zero-order valence-corrected chi connectivity index (χ0v) is 15.4. The van der Waals surface area contributed by atoms with Gasteiger partial charge in [0.1, 0.15) is 12.4 Å². The lowest BCUT2D eigenvalue weighted by Gasteiger charge is -2.13. The minimum atomic E-state index is 0.592. The van der Waals surface area contributed by atoms with Crippen LogP contribution < -0.4 is 19.5 Å². The quantitative estimate of drug-likeness (QED) is 0.727. The molecule has 0 amide bonds. The second kappa shape index (κ2) is 8.81. The second-order valence-corrected chi connectivity index (χ2v) is 6.00. The summed E-state index contributed by atoms with van der Waals surface area (Å²) in [6.45, 7) is 6.08. The normalized spacial score (nSPS) is 10.5. The SMILES string of the molecule is COc1cc(Cl)c(CNCCOc2ccc(C)cc2C)cc1OC. The zero-order chi connectivity index (χ0) is 17.5. The summed E-state index contributed by atoms with van der Waals surface area (Å²) in [6.07, 6.45) is 0. The van der Waals surface area contributed by atoms with Crippen molar-refractivity contribution in [1.29, 1.82) is 0 Å². The molecule has 130 valence electrons. The highest BCUT2D eigenvalue weighted by atomic mass is 35.5. The van der Waals surface area contributed by atoms with Crippen LogP contribution in [-0.4, -0.2) is 27.4 Å². The largest absolute Gasteiger partial charge is 0.493 e. The van der Waals surface area contributed by atoms with Gasteiger partial charge in [-0.3, -0.25) is 0 Å². The maximum atomic E-state index is 6.27. The van der Waals surface area contributed by atoms with Gasteiger partial charge in [-0.25, -0.2) is 0 Å². The Morgan fingerprint density at radius 2 is 1.67 bits per heavy atom. The minimum absolute atomic E-state index is 0.592. The fourth-order valence-corrected chi connectivity index (χ4v) is 2.67. The first-order chi connectivity index (χ1) is 11.5. The molecule has 1 N–H and O–H groups in total. The summed E-state index contributed by atoms with van der Waals surface area (Å²) in [7, 11) is 3.21. The molecule has 0 radical (unpaired) electrons. The van der Waals surface area contributed by atoms with Gasteiger partial charge in [0.2, 0.25) is 0 Å². The number of hydrogen-bond donors (Lipinski definition) is 1. The van der Waals surface area contributed by atoms with E-state index in [0.29, 0.717) is 29.7 Å². The van der Waals surface area contributed by atoms with Gasteiger partial charge in [0.25, 0.3) is 0 Å². The first-order valence-corrected chi connectivity index (χ1v) is 8.24. The Hall–Kier alpha value is -1.91. The van der Waals surface area contributed by atoms with Gasteiger partial charge < -0.3 is 19.5 Å². The maximum Gasteiger partial charge on any atom is 0.162 e. The van der Waals surface area contributed by atoms with Crippen LogP contribution in [0.1, 0.15) is 16.7 Å². The predicted octanol–water partition coefficient (Wildman–Crippen LogP) is 4.14. The molecule has 0 heterocycles. The van der Waals surface area contributed by atoms with E-state index in [-0.39, 0.29) is 0 Å². The molecule has 0 spiro atoms. The molecule has 4 nitrogen and oxygen atoms in total. The van der Waals surface area contributed by atoms with Crippen LogP contribution in [0, 0.1) is 13.8 Å². The third-order valence-electron chi connectivity index (χ3n) is 3.73. The van der Waals surface area contributed by atoms with E-state index in [0.717, 1.165) is 23.4 Å². The Morgan fingerprint density at radius 1 is 0.958 bits per heavy atom. The molecule has 2 aromatic carbocycles. The topological polar surface area (TPSA) is 39.7 Å². The summed E-state index contributed by atoms with van der Waals surface area (Å²) < 4.78 is 16.3. The van der Waals surface area contributed by atoms with Crippen LogP contribution in [0.5, 0.6) is 17.2 Å². The van der Waals surface area contributed by atoms with Crippen molar-refractivity contribution < 1.29 is 14.2 Å². The van der Waals surface area contributed by atoms with E-state index in [2.05, 4.69) is 31.3 Å². The molecular weight excluding hydrogens is 326 g/mol. The molecule has 0 atom stereocenters. The van der Waals surface area contributed by atoms with Crippen molar-refractivity contribution in [3.05, 3.63) is 52.0 Å². The van der Waals surface area contributed by atoms with Crippen LogP contribution in [0.2, 0.25) is 5.02 Å². The molecule has 0 bridgehead atoms. The summed E-state index contributed by atoms with van der Waals surface area (Å²) in [6, 6.07) is 9.84. The summed E-state index contributed by atoms with van der Waals surface area (Å²) in [4.78, 5) is 0. The number of methoxy groups -OCH3 is 2. The average molecular weight is 350 g/mol. The number of aryl methyl sites for hydroxylation is 2. The lowest BCUT2D eigenvalue weighted by molar-refractivity contribution is 0.311. The summed E-state index contributed by atoms with van der Waals surface area (Å²) >= 11 is 6.27. The molecule has 0 aromatic heterocycles. The molecule has 5 heteroatoms. The van der Waals surface area contributed by atoms with Crippen molar-refractivity contribution in [2.24, 2.45) is 0 Å². The van der Waals surface area contributed by atoms with Crippen LogP contribution in [-0.2, 0) is 6.54 Å². The van der Waals surface area contributed by atoms with Crippen molar-refractivity contribution >= 4 is 11.6 Å². The van der Waals surface area contributed by atoms with Crippen molar-refractivity contribution in [2.75, 3.05) is 27.4 Å². The lowest BCUT2D eigenvalue weighted by Crippen LogP contribution is -2.21. The molecule has 0 unspecified atom stereocenters. The minimum Gasteiger partial charge on any atom is -0.493 e. The van der Waals surface area contributed by atoms with Crippen LogP contribution in [0.3, 0.4) is 0 Å². The van der Waals surface area contributed by atoms with Gasteiger partial charge in [-0.2, -0.15) is 0 Å². The molecule has 24 heavy (non-hydrogen) atoms. The highest BCUT2D eigenvalue weighted by Crippen LogP contribution is 2.32. The fraction of sp³-hybridized carbons (Fsp3) is 0.368. The van der Waals surface area contributed by atoms with Gasteiger partial charge in [0.15, 0.2) is 11.5 Å². The first-order valence-electron chi connectivity index (χ1n) is 7.86. The second-order valence-electron chi connectivity index (χ2n) is 5.59. The monoisotopic (exact) mass is 349 g/mol. The Labute approximate surface area is 148 Å². The van der Waals surface area contributed by atoms with E-state index in [1.165, 1.54) is 5.56 Å². The molecule has 0 aliphatic carbocycles. The number of rotatable bonds is 8. The maximum absolute atomic E-state index is 6.27. The summed E-state index contributed by atoms with van der Waals surface area (Å²) in [5.41, 5.74) is 3.35. The third kappa shape index (κ3) is 4.79. The molecule has 0 aliphatic rings. The van der Waals surface area contributed by atoms with E-state index in [9.17, 15) is 0 Å². The number of hydrogen-bond acceptors (Lipinski definition) is 4. The number of ether oxygens (including phenoxy) is 3. The van der Waals surface area contributed by atoms with Crippen molar-refractivity contribution in [2.45, 2.75) is 20.4 Å². The molecule has 0 saturated heterocycles. The molecule has 2 rings (SSSR count). The van der Waals surface area contributed by atoms with E-state index >= 15 is 0 Å². The van der Waals surface area contributed by atoms with Gasteiger partial charge >= 0.3 is 0 Å². The van der Waals surface area contributed by atoms with Crippen LogP contribution in [0.15, 0.2) is 30.3 Å². The number of benzene rings is 2. The van der Waals surface area contributed by atoms with E-state index in [1.807, 2.05) is 12.1 Å². The van der Waals surface area contributed by atoms with Crippen molar-refractivity contribution in [3.63, 3.8) is 0 Å². The Kier molecular flexibility index (Phi) is 6.76. The molecule has 0 fully saturated rings. The van der Waals surface area contributed by atoms with Gasteiger partial charge in [0, 0.05) is 24.2 Å². The number of halogens is 1. The Bertz CT molecular complexity index is 689. The molecule has 2 aromatic rings. The van der Waals surface area contributed by atoms with E-state index < -0.39 is 0 Å². The van der Waals surface area contributed by atoms with E-state index in [4.69, 9.17) is 25.8 Å². The highest BCUT2D eigenvalue weighted by molar-refractivity contribution is 6.31. The van der Waals surface area contributed by atoms with Crippen molar-refractivity contribution in [1.82, 2.24) is 5.32 Å². The summed E-state index contributed by atoms with van der Waals surface area (Å²) in [5.74, 6) is 2.22. The van der Waals surface area contributed by atoms with Gasteiger partial charge in [-0.1, -0.05) is 29.3 Å². The van der Waals surface area contributed by atoms with Gasteiger partial charge in [0.05, 0.1) is 14.2 Å². The van der Waals surface area contributed by atoms with Crippen LogP contribution in [0.4, 0.5) is 0 Å². The van der Waals surface area contributed by atoms with Crippen LogP contribution >= 0.6 is 11.6 Å². The number of nitrogens with one attached hydrogen (secondary N) is 1. The zero-order valence-electron chi connectivity index (χ0n) is 14.6. The van der Waals surface area contributed by atoms with E-state index in [1.54, 1.807) is 20.3 Å². The predicted molar refractivity (Wildman–Crippen MR) is 97.7 cm³/mol. The molecule has 0 aliphatic heterocycles. The highest BCUT2D eigenvalue weighted by Gasteiger charge is 2.09.